The highest BCUT2D eigenvalue weighted by atomic mass is 32.1. The quantitative estimate of drug-likeness (QED) is 0.843. The molecule has 0 amide bonds. The van der Waals surface area contributed by atoms with Crippen molar-refractivity contribution in [2.45, 2.75) is 20.5 Å². The second kappa shape index (κ2) is 6.69. The Bertz CT molecular complexity index is 687. The van der Waals surface area contributed by atoms with E-state index in [2.05, 4.69) is 20.5 Å². The van der Waals surface area contributed by atoms with Crippen LogP contribution in [-0.2, 0) is 7.05 Å². The summed E-state index contributed by atoms with van der Waals surface area (Å²) in [6.07, 6.45) is 1.77. The number of nitrogens with zero attached hydrogens (tertiary/aromatic N) is 2. The molecule has 0 unspecified atom stereocenters. The van der Waals surface area contributed by atoms with E-state index >= 15 is 0 Å². The summed E-state index contributed by atoms with van der Waals surface area (Å²) in [6, 6.07) is 4.84. The first-order valence-corrected chi connectivity index (χ1v) is 6.89. The van der Waals surface area contributed by atoms with Gasteiger partial charge >= 0.3 is 6.61 Å². The third-order valence-corrected chi connectivity index (χ3v) is 3.07. The van der Waals surface area contributed by atoms with Gasteiger partial charge in [0.2, 0.25) is 0 Å². The fraction of sp³-hybridized carbons (Fsp3) is 0.286. The van der Waals surface area contributed by atoms with E-state index in [1.807, 2.05) is 13.8 Å². The number of halogens is 2. The summed E-state index contributed by atoms with van der Waals surface area (Å²) in [6.45, 7) is 0.785. The summed E-state index contributed by atoms with van der Waals surface area (Å²) in [5, 5.41) is 10.3. The molecule has 1 aromatic carbocycles. The minimum atomic E-state index is -2.90. The molecular weight excluding hydrogens is 310 g/mol. The van der Waals surface area contributed by atoms with Crippen molar-refractivity contribution < 1.29 is 13.5 Å². The van der Waals surface area contributed by atoms with Gasteiger partial charge in [-0.05, 0) is 43.8 Å². The zero-order valence-corrected chi connectivity index (χ0v) is 13.2. The zero-order valence-electron chi connectivity index (χ0n) is 12.4. The van der Waals surface area contributed by atoms with E-state index in [4.69, 9.17) is 12.2 Å². The molecule has 0 aliphatic heterocycles. The molecule has 0 aliphatic rings. The molecule has 2 rings (SSSR count). The summed E-state index contributed by atoms with van der Waals surface area (Å²) in [4.78, 5) is 0. The lowest BCUT2D eigenvalue weighted by atomic mass is 10.2. The number of aryl methyl sites for hydroxylation is 3. The summed E-state index contributed by atoms with van der Waals surface area (Å²) in [5.41, 5.74) is 2.78. The molecule has 5 nitrogen and oxygen atoms in total. The van der Waals surface area contributed by atoms with Gasteiger partial charge in [-0.2, -0.15) is 13.9 Å². The Morgan fingerprint density at radius 2 is 1.95 bits per heavy atom. The van der Waals surface area contributed by atoms with Gasteiger partial charge in [-0.3, -0.25) is 4.68 Å². The maximum Gasteiger partial charge on any atom is 0.387 e. The highest BCUT2D eigenvalue weighted by molar-refractivity contribution is 7.80. The van der Waals surface area contributed by atoms with Crippen LogP contribution in [-0.4, -0.2) is 21.5 Å². The van der Waals surface area contributed by atoms with Crippen LogP contribution in [0, 0.1) is 13.8 Å². The maximum atomic E-state index is 12.4. The van der Waals surface area contributed by atoms with Crippen LogP contribution >= 0.6 is 12.2 Å². The molecule has 0 fully saturated rings. The fourth-order valence-electron chi connectivity index (χ4n) is 1.94. The Balaban J connectivity index is 2.13. The third kappa shape index (κ3) is 4.14. The van der Waals surface area contributed by atoms with Gasteiger partial charge in [0.25, 0.3) is 0 Å². The predicted octanol–water partition coefficient (Wildman–Crippen LogP) is 3.45. The van der Waals surface area contributed by atoms with Crippen molar-refractivity contribution in [3.8, 4) is 5.75 Å². The Labute approximate surface area is 132 Å². The van der Waals surface area contributed by atoms with E-state index in [9.17, 15) is 8.78 Å². The number of hydrogen-bond acceptors (Lipinski definition) is 3. The zero-order chi connectivity index (χ0) is 16.3. The van der Waals surface area contributed by atoms with Gasteiger partial charge in [-0.15, -0.1) is 0 Å². The standard InChI is InChI=1S/C14H16F2N4OS/c1-8-4-5-12(21-13(15)16)10(6-8)17-14(22)18-11-7-20(3)19-9(11)2/h4-7,13H,1-3H3,(H2,17,18,22). The topological polar surface area (TPSA) is 51.1 Å². The SMILES string of the molecule is Cc1ccc(OC(F)F)c(NC(=S)Nc2cn(C)nc2C)c1. The van der Waals surface area contributed by atoms with Crippen molar-refractivity contribution >= 4 is 28.7 Å². The molecular formula is C14H16F2N4OS. The van der Waals surface area contributed by atoms with Crippen LogP contribution in [0.15, 0.2) is 24.4 Å². The van der Waals surface area contributed by atoms with Crippen LogP contribution in [0.1, 0.15) is 11.3 Å². The number of aromatic nitrogens is 2. The second-order valence-corrected chi connectivity index (χ2v) is 5.17. The van der Waals surface area contributed by atoms with Crippen LogP contribution in [0.3, 0.4) is 0 Å². The van der Waals surface area contributed by atoms with E-state index in [-0.39, 0.29) is 10.9 Å². The molecule has 1 aromatic heterocycles. The molecule has 22 heavy (non-hydrogen) atoms. The van der Waals surface area contributed by atoms with Crippen molar-refractivity contribution in [1.29, 1.82) is 0 Å². The van der Waals surface area contributed by atoms with Gasteiger partial charge in [0.15, 0.2) is 5.11 Å². The summed E-state index contributed by atoms with van der Waals surface area (Å²) < 4.78 is 31.0. The highest BCUT2D eigenvalue weighted by Crippen LogP contribution is 2.27. The predicted molar refractivity (Wildman–Crippen MR) is 85.6 cm³/mol. The number of nitrogens with one attached hydrogen (secondary N) is 2. The Morgan fingerprint density at radius 3 is 2.55 bits per heavy atom. The van der Waals surface area contributed by atoms with Crippen molar-refractivity contribution in [3.05, 3.63) is 35.7 Å². The van der Waals surface area contributed by atoms with E-state index < -0.39 is 6.61 Å². The maximum absolute atomic E-state index is 12.4. The van der Waals surface area contributed by atoms with E-state index in [1.165, 1.54) is 6.07 Å². The van der Waals surface area contributed by atoms with Gasteiger partial charge in [0, 0.05) is 13.2 Å². The normalized spacial score (nSPS) is 10.6. The van der Waals surface area contributed by atoms with Crippen LogP contribution in [0.4, 0.5) is 20.2 Å². The van der Waals surface area contributed by atoms with Crippen molar-refractivity contribution in [1.82, 2.24) is 9.78 Å². The van der Waals surface area contributed by atoms with Crippen LogP contribution < -0.4 is 15.4 Å². The number of benzene rings is 1. The Morgan fingerprint density at radius 1 is 1.27 bits per heavy atom. The Kier molecular flexibility index (Phi) is 4.92. The number of alkyl halides is 2. The molecule has 0 saturated carbocycles. The molecule has 0 aliphatic carbocycles. The van der Waals surface area contributed by atoms with Crippen LogP contribution in [0.2, 0.25) is 0 Å². The van der Waals surface area contributed by atoms with Crippen LogP contribution in [0.5, 0.6) is 5.75 Å². The lowest BCUT2D eigenvalue weighted by Crippen LogP contribution is -2.20. The molecule has 2 N–H and O–H groups in total. The van der Waals surface area contributed by atoms with Crippen molar-refractivity contribution in [2.24, 2.45) is 7.05 Å². The molecule has 2 aromatic rings. The van der Waals surface area contributed by atoms with E-state index in [0.717, 1.165) is 16.9 Å². The number of hydrogen-bond donors (Lipinski definition) is 2. The van der Waals surface area contributed by atoms with Gasteiger partial charge in [-0.1, -0.05) is 6.07 Å². The first-order chi connectivity index (χ1) is 10.3. The average molecular weight is 326 g/mol. The molecule has 8 heteroatoms. The lowest BCUT2D eigenvalue weighted by molar-refractivity contribution is -0.0493. The third-order valence-electron chi connectivity index (χ3n) is 2.86. The number of anilines is 2. The van der Waals surface area contributed by atoms with Gasteiger partial charge in [0.05, 0.1) is 17.1 Å². The Hall–Kier alpha value is -2.22. The minimum Gasteiger partial charge on any atom is -0.433 e. The number of rotatable bonds is 4. The number of thiocarbonyl (C=S) groups is 1. The average Bonchev–Trinajstić information content (AvgIpc) is 2.70. The van der Waals surface area contributed by atoms with Gasteiger partial charge in [0.1, 0.15) is 5.75 Å². The van der Waals surface area contributed by atoms with Gasteiger partial charge in [-0.25, -0.2) is 0 Å². The van der Waals surface area contributed by atoms with Crippen molar-refractivity contribution in [3.63, 3.8) is 0 Å². The first kappa shape index (κ1) is 16.2. The fourth-order valence-corrected chi connectivity index (χ4v) is 2.16. The molecule has 0 atom stereocenters. The molecule has 0 radical (unpaired) electrons. The minimum absolute atomic E-state index is 0.0349. The smallest absolute Gasteiger partial charge is 0.387 e. The first-order valence-electron chi connectivity index (χ1n) is 6.49. The monoisotopic (exact) mass is 326 g/mol. The molecule has 0 saturated heterocycles. The molecule has 1 heterocycles. The number of ether oxygens (including phenoxy) is 1. The summed E-state index contributed by atoms with van der Waals surface area (Å²) in [7, 11) is 1.80. The lowest BCUT2D eigenvalue weighted by Gasteiger charge is -2.14. The van der Waals surface area contributed by atoms with E-state index in [0.29, 0.717) is 5.69 Å². The summed E-state index contributed by atoms with van der Waals surface area (Å²) >= 11 is 5.20. The highest BCUT2D eigenvalue weighted by Gasteiger charge is 2.12. The molecule has 0 bridgehead atoms. The molecule has 0 spiro atoms. The van der Waals surface area contributed by atoms with Crippen molar-refractivity contribution in [2.75, 3.05) is 10.6 Å². The van der Waals surface area contributed by atoms with Crippen LogP contribution in [0.25, 0.3) is 0 Å². The van der Waals surface area contributed by atoms with Gasteiger partial charge < -0.3 is 15.4 Å². The largest absolute Gasteiger partial charge is 0.433 e. The summed E-state index contributed by atoms with van der Waals surface area (Å²) in [5.74, 6) is 0.0349. The second-order valence-electron chi connectivity index (χ2n) is 4.76. The molecule has 118 valence electrons. The van der Waals surface area contributed by atoms with E-state index in [1.54, 1.807) is 30.1 Å².